The summed E-state index contributed by atoms with van der Waals surface area (Å²) in [5.41, 5.74) is 0.882. The van der Waals surface area contributed by atoms with Crippen LogP contribution in [0, 0.1) is 6.92 Å². The molecule has 0 bridgehead atoms. The lowest BCUT2D eigenvalue weighted by Crippen LogP contribution is -2.41. The first-order chi connectivity index (χ1) is 9.76. The number of thiophene rings is 1. The van der Waals surface area contributed by atoms with Crippen LogP contribution in [0.3, 0.4) is 0 Å². The molecule has 1 aromatic rings. The highest BCUT2D eigenvalue weighted by Gasteiger charge is 2.20. The lowest BCUT2D eigenvalue weighted by atomic mass is 10.3. The Kier molecular flexibility index (Phi) is 7.80. The van der Waals surface area contributed by atoms with Crippen LogP contribution in [0.25, 0.3) is 0 Å². The molecule has 2 heterocycles. The molecule has 20 heavy (non-hydrogen) atoms. The normalized spacial score (nSPS) is 15.6. The van der Waals surface area contributed by atoms with E-state index in [4.69, 9.17) is 16.3 Å². The molecule has 1 aliphatic rings. The topological polar surface area (TPSA) is 37.2 Å². The lowest BCUT2D eigenvalue weighted by molar-refractivity contribution is 0.0683. The minimum absolute atomic E-state index is 0.250. The Bertz CT molecular complexity index is 453. The molecule has 1 aromatic heterocycles. The number of aryl methyl sites for hydroxylation is 1. The molecule has 1 fully saturated rings. The van der Waals surface area contributed by atoms with Crippen LogP contribution in [0.2, 0.25) is 0 Å². The lowest BCUT2D eigenvalue weighted by Gasteiger charge is -2.29. The summed E-state index contributed by atoms with van der Waals surface area (Å²) >= 11 is 7.46. The van der Waals surface area contributed by atoms with Gasteiger partial charge in [0.05, 0.1) is 23.8 Å². The van der Waals surface area contributed by atoms with Crippen LogP contribution >= 0.6 is 22.9 Å². The molecule has 0 atom stereocenters. The third-order valence-electron chi connectivity index (χ3n) is 2.73. The fraction of sp³-hybridized carbons (Fsp3) is 0.571. The van der Waals surface area contributed by atoms with E-state index >= 15 is 0 Å². The summed E-state index contributed by atoms with van der Waals surface area (Å²) in [6, 6.07) is 2.28. The highest BCUT2D eigenvalue weighted by atomic mass is 35.5. The summed E-state index contributed by atoms with van der Waals surface area (Å²) in [5.74, 6) is 0.911. The van der Waals surface area contributed by atoms with E-state index in [0.717, 1.165) is 42.7 Å². The second kappa shape index (κ2) is 9.10. The van der Waals surface area contributed by atoms with E-state index in [2.05, 4.69) is 28.5 Å². The van der Waals surface area contributed by atoms with Crippen molar-refractivity contribution in [3.63, 3.8) is 0 Å². The maximum absolute atomic E-state index is 5.78. The van der Waals surface area contributed by atoms with E-state index in [1.54, 1.807) is 11.3 Å². The first-order valence-electron chi connectivity index (χ1n) is 6.77. The molecule has 2 rings (SSSR count). The van der Waals surface area contributed by atoms with Crippen molar-refractivity contribution in [3.05, 3.63) is 15.8 Å². The Morgan fingerprint density at radius 3 is 2.65 bits per heavy atom. The Labute approximate surface area is 130 Å². The molecule has 0 aromatic carbocycles. The fourth-order valence-corrected chi connectivity index (χ4v) is 3.04. The number of rotatable bonds is 3. The Balaban J connectivity index is 0.000000956. The standard InChI is InChI=1S/C12H16ClN3OS.C2H6/c1-9-7-10(14-2)11(18-9)12(15-8-13)16-3-5-17-6-4-16;1-2/h7H,2-6,8H2,1H3;1-2H3/b15-12+;. The van der Waals surface area contributed by atoms with E-state index in [0.29, 0.717) is 0 Å². The number of morpholine rings is 1. The smallest absolute Gasteiger partial charge is 0.144 e. The zero-order valence-corrected chi connectivity index (χ0v) is 13.9. The molecular weight excluding hydrogens is 294 g/mol. The Morgan fingerprint density at radius 2 is 2.10 bits per heavy atom. The molecule has 112 valence electrons. The zero-order chi connectivity index (χ0) is 15.0. The van der Waals surface area contributed by atoms with Gasteiger partial charge in [-0.25, -0.2) is 0 Å². The Morgan fingerprint density at radius 1 is 1.45 bits per heavy atom. The minimum Gasteiger partial charge on any atom is -0.378 e. The van der Waals surface area contributed by atoms with Crippen LogP contribution in [0.1, 0.15) is 23.6 Å². The molecule has 0 amide bonds. The molecule has 0 aliphatic carbocycles. The third-order valence-corrected chi connectivity index (χ3v) is 3.88. The van der Waals surface area contributed by atoms with Gasteiger partial charge in [0.1, 0.15) is 11.8 Å². The van der Waals surface area contributed by atoms with Gasteiger partial charge in [-0.15, -0.1) is 22.9 Å². The summed E-state index contributed by atoms with van der Waals surface area (Å²) in [5, 5.41) is 0. The van der Waals surface area contributed by atoms with E-state index < -0.39 is 0 Å². The number of ether oxygens (including phenoxy) is 1. The van der Waals surface area contributed by atoms with Gasteiger partial charge in [-0.2, -0.15) is 0 Å². The van der Waals surface area contributed by atoms with Gasteiger partial charge in [0.25, 0.3) is 0 Å². The van der Waals surface area contributed by atoms with Gasteiger partial charge in [0.15, 0.2) is 0 Å². The van der Waals surface area contributed by atoms with Crippen molar-refractivity contribution in [2.24, 2.45) is 9.98 Å². The minimum atomic E-state index is 0.250. The van der Waals surface area contributed by atoms with Crippen molar-refractivity contribution in [1.82, 2.24) is 4.90 Å². The molecule has 0 radical (unpaired) electrons. The highest BCUT2D eigenvalue weighted by Crippen LogP contribution is 2.30. The van der Waals surface area contributed by atoms with Crippen molar-refractivity contribution >= 4 is 41.2 Å². The number of alkyl halides is 1. The summed E-state index contributed by atoms with van der Waals surface area (Å²) in [4.78, 5) is 12.9. The second-order valence-corrected chi connectivity index (χ2v) is 5.43. The number of aliphatic imine (C=N–C) groups is 2. The molecule has 6 heteroatoms. The van der Waals surface area contributed by atoms with Gasteiger partial charge in [0.2, 0.25) is 0 Å². The maximum Gasteiger partial charge on any atom is 0.144 e. The van der Waals surface area contributed by atoms with Gasteiger partial charge in [-0.1, -0.05) is 13.8 Å². The average Bonchev–Trinajstić information content (AvgIpc) is 2.88. The van der Waals surface area contributed by atoms with Crippen molar-refractivity contribution in [1.29, 1.82) is 0 Å². The molecule has 0 N–H and O–H groups in total. The monoisotopic (exact) mass is 315 g/mol. The van der Waals surface area contributed by atoms with E-state index in [9.17, 15) is 0 Å². The number of hydrogen-bond acceptors (Lipinski definition) is 4. The van der Waals surface area contributed by atoms with Crippen LogP contribution in [0.4, 0.5) is 5.69 Å². The molecular formula is C14H22ClN3OS. The average molecular weight is 316 g/mol. The zero-order valence-electron chi connectivity index (χ0n) is 12.4. The van der Waals surface area contributed by atoms with Crippen LogP contribution in [0.5, 0.6) is 0 Å². The number of nitrogens with zero attached hydrogens (tertiary/aromatic N) is 3. The summed E-state index contributed by atoms with van der Waals surface area (Å²) < 4.78 is 5.36. The van der Waals surface area contributed by atoms with Crippen molar-refractivity contribution < 1.29 is 4.74 Å². The van der Waals surface area contributed by atoms with Gasteiger partial charge in [0, 0.05) is 18.0 Å². The van der Waals surface area contributed by atoms with E-state index in [1.165, 1.54) is 4.88 Å². The largest absolute Gasteiger partial charge is 0.378 e. The van der Waals surface area contributed by atoms with Gasteiger partial charge in [-0.3, -0.25) is 9.98 Å². The highest BCUT2D eigenvalue weighted by molar-refractivity contribution is 7.14. The van der Waals surface area contributed by atoms with Crippen LogP contribution < -0.4 is 0 Å². The molecule has 0 saturated carbocycles. The van der Waals surface area contributed by atoms with Gasteiger partial charge < -0.3 is 9.64 Å². The van der Waals surface area contributed by atoms with Crippen molar-refractivity contribution in [2.75, 3.05) is 32.3 Å². The SMILES string of the molecule is C=Nc1cc(C)sc1/C(=N\CCl)N1CCOCC1.CC. The number of halogens is 1. The predicted molar refractivity (Wildman–Crippen MR) is 89.3 cm³/mol. The molecule has 1 saturated heterocycles. The number of hydrogen-bond donors (Lipinski definition) is 0. The maximum atomic E-state index is 5.78. The molecule has 4 nitrogen and oxygen atoms in total. The number of amidine groups is 1. The quantitative estimate of drug-likeness (QED) is 0.369. The fourth-order valence-electron chi connectivity index (χ4n) is 1.93. The van der Waals surface area contributed by atoms with Crippen LogP contribution in [-0.2, 0) is 4.74 Å². The summed E-state index contributed by atoms with van der Waals surface area (Å²) in [7, 11) is 0. The Hall–Kier alpha value is -0.910. The van der Waals surface area contributed by atoms with E-state index in [-0.39, 0.29) is 6.00 Å². The van der Waals surface area contributed by atoms with Crippen molar-refractivity contribution in [2.45, 2.75) is 20.8 Å². The molecule has 1 aliphatic heterocycles. The summed E-state index contributed by atoms with van der Waals surface area (Å²) in [6.07, 6.45) is 0. The molecule has 0 spiro atoms. The first-order valence-corrected chi connectivity index (χ1v) is 8.12. The first kappa shape index (κ1) is 17.1. The predicted octanol–water partition coefficient (Wildman–Crippen LogP) is 3.69. The van der Waals surface area contributed by atoms with Gasteiger partial charge in [-0.05, 0) is 19.7 Å². The van der Waals surface area contributed by atoms with Crippen molar-refractivity contribution in [3.8, 4) is 0 Å². The molecule has 0 unspecified atom stereocenters. The third kappa shape index (κ3) is 4.30. The second-order valence-electron chi connectivity index (χ2n) is 3.93. The summed E-state index contributed by atoms with van der Waals surface area (Å²) in [6.45, 7) is 12.8. The van der Waals surface area contributed by atoms with Crippen LogP contribution in [0.15, 0.2) is 16.1 Å². The van der Waals surface area contributed by atoms with E-state index in [1.807, 2.05) is 19.9 Å². The van der Waals surface area contributed by atoms with Gasteiger partial charge >= 0.3 is 0 Å². The van der Waals surface area contributed by atoms with Crippen LogP contribution in [-0.4, -0.2) is 49.8 Å².